The number of carbonyl (C=O) groups is 1. The third kappa shape index (κ3) is 3.64. The molecule has 0 aromatic heterocycles. The highest BCUT2D eigenvalue weighted by atomic mass is 35.5. The molecule has 1 heterocycles. The maximum Gasteiger partial charge on any atom is 0.416 e. The fourth-order valence-corrected chi connectivity index (χ4v) is 2.16. The summed E-state index contributed by atoms with van der Waals surface area (Å²) in [5.41, 5.74) is -0.441. The van der Waals surface area contributed by atoms with Gasteiger partial charge in [0.2, 0.25) is 0 Å². The van der Waals surface area contributed by atoms with Crippen molar-refractivity contribution < 1.29 is 18.0 Å². The molecule has 1 amide bonds. The van der Waals surface area contributed by atoms with E-state index in [1.54, 1.807) is 4.90 Å². The largest absolute Gasteiger partial charge is 0.416 e. The van der Waals surface area contributed by atoms with Crippen LogP contribution in [0.3, 0.4) is 0 Å². The van der Waals surface area contributed by atoms with Gasteiger partial charge in [-0.05, 0) is 37.7 Å². The Labute approximate surface area is 121 Å². The van der Waals surface area contributed by atoms with Gasteiger partial charge in [0.1, 0.15) is 0 Å². The molecular weight excluding hydrogens is 293 g/mol. The van der Waals surface area contributed by atoms with Crippen molar-refractivity contribution in [2.24, 2.45) is 0 Å². The Kier molecular flexibility index (Phi) is 5.42. The Morgan fingerprint density at radius 1 is 1.30 bits per heavy atom. The summed E-state index contributed by atoms with van der Waals surface area (Å²) in [6.07, 6.45) is -3.50. The monoisotopic (exact) mass is 308 g/mol. The summed E-state index contributed by atoms with van der Waals surface area (Å²) in [6.45, 7) is 1.22. The van der Waals surface area contributed by atoms with Crippen LogP contribution in [0.1, 0.15) is 22.3 Å². The molecule has 1 aliphatic heterocycles. The van der Waals surface area contributed by atoms with Crippen molar-refractivity contribution >= 4 is 18.3 Å². The number of hydrogen-bond donors (Lipinski definition) is 1. The molecular formula is C13H16ClF3N2O. The molecule has 112 valence electrons. The van der Waals surface area contributed by atoms with Crippen LogP contribution in [0, 0.1) is 0 Å². The summed E-state index contributed by atoms with van der Waals surface area (Å²) in [5, 5.41) is 3.09. The number of rotatable bonds is 2. The molecule has 0 aliphatic carbocycles. The maximum atomic E-state index is 12.4. The van der Waals surface area contributed by atoms with Crippen LogP contribution in [0.4, 0.5) is 13.2 Å². The van der Waals surface area contributed by atoms with Crippen LogP contribution >= 0.6 is 12.4 Å². The minimum Gasteiger partial charge on any atom is -0.337 e. The zero-order chi connectivity index (χ0) is 14.0. The molecule has 1 aromatic carbocycles. The molecule has 1 aliphatic rings. The van der Waals surface area contributed by atoms with Gasteiger partial charge >= 0.3 is 6.18 Å². The first-order valence-electron chi connectivity index (χ1n) is 6.05. The standard InChI is InChI=1S/C13H15F3N2O.ClH/c1-17-11-6-7-18(8-11)12(19)9-2-4-10(5-3-9)13(14,15)16;/h2-5,11,17H,6-8H2,1H3;1H. The highest BCUT2D eigenvalue weighted by molar-refractivity contribution is 5.94. The van der Waals surface area contributed by atoms with E-state index in [2.05, 4.69) is 5.32 Å². The number of nitrogens with one attached hydrogen (secondary N) is 1. The lowest BCUT2D eigenvalue weighted by Gasteiger charge is -2.16. The van der Waals surface area contributed by atoms with Gasteiger partial charge in [-0.15, -0.1) is 12.4 Å². The first-order chi connectivity index (χ1) is 8.91. The maximum absolute atomic E-state index is 12.4. The van der Waals surface area contributed by atoms with E-state index < -0.39 is 11.7 Å². The lowest BCUT2D eigenvalue weighted by Crippen LogP contribution is -2.33. The number of hydrogen-bond acceptors (Lipinski definition) is 2. The van der Waals surface area contributed by atoms with Crippen LogP contribution in [0.2, 0.25) is 0 Å². The van der Waals surface area contributed by atoms with Gasteiger partial charge in [0.25, 0.3) is 5.91 Å². The molecule has 3 nitrogen and oxygen atoms in total. The number of halogens is 4. The van der Waals surface area contributed by atoms with Gasteiger partial charge in [0.15, 0.2) is 0 Å². The summed E-state index contributed by atoms with van der Waals surface area (Å²) >= 11 is 0. The van der Waals surface area contributed by atoms with Gasteiger partial charge in [-0.3, -0.25) is 4.79 Å². The second kappa shape index (κ2) is 6.45. The Balaban J connectivity index is 0.00000200. The summed E-state index contributed by atoms with van der Waals surface area (Å²) in [5.74, 6) is -0.216. The minimum absolute atomic E-state index is 0. The number of nitrogens with zero attached hydrogens (tertiary/aromatic N) is 1. The van der Waals surface area contributed by atoms with Crippen molar-refractivity contribution in [2.45, 2.75) is 18.6 Å². The van der Waals surface area contributed by atoms with Gasteiger partial charge in [0, 0.05) is 24.7 Å². The third-order valence-electron chi connectivity index (χ3n) is 3.34. The van der Waals surface area contributed by atoms with Crippen molar-refractivity contribution in [3.05, 3.63) is 35.4 Å². The van der Waals surface area contributed by atoms with Gasteiger partial charge in [0.05, 0.1) is 5.56 Å². The lowest BCUT2D eigenvalue weighted by molar-refractivity contribution is -0.137. The fourth-order valence-electron chi connectivity index (χ4n) is 2.16. The number of likely N-dealkylation sites (tertiary alicyclic amines) is 1. The number of amides is 1. The van der Waals surface area contributed by atoms with Crippen molar-refractivity contribution in [1.82, 2.24) is 10.2 Å². The molecule has 0 spiro atoms. The van der Waals surface area contributed by atoms with Gasteiger partial charge in [-0.2, -0.15) is 13.2 Å². The van der Waals surface area contributed by atoms with Gasteiger partial charge in [-0.1, -0.05) is 0 Å². The van der Waals surface area contributed by atoms with E-state index in [0.29, 0.717) is 18.7 Å². The van der Waals surface area contributed by atoms with Crippen molar-refractivity contribution in [2.75, 3.05) is 20.1 Å². The highest BCUT2D eigenvalue weighted by Crippen LogP contribution is 2.29. The molecule has 1 atom stereocenters. The van der Waals surface area contributed by atoms with Crippen molar-refractivity contribution in [1.29, 1.82) is 0 Å². The quantitative estimate of drug-likeness (QED) is 0.911. The molecule has 2 rings (SSSR count). The Morgan fingerprint density at radius 3 is 2.35 bits per heavy atom. The molecule has 1 unspecified atom stereocenters. The van der Waals surface area contributed by atoms with E-state index in [9.17, 15) is 18.0 Å². The Bertz CT molecular complexity index is 462. The molecule has 0 saturated carbocycles. The zero-order valence-corrected chi connectivity index (χ0v) is 11.7. The van der Waals surface area contributed by atoms with E-state index >= 15 is 0 Å². The molecule has 7 heteroatoms. The predicted molar refractivity (Wildman–Crippen MR) is 72.1 cm³/mol. The summed E-state index contributed by atoms with van der Waals surface area (Å²) in [4.78, 5) is 13.7. The van der Waals surface area contributed by atoms with E-state index in [1.165, 1.54) is 12.1 Å². The summed E-state index contributed by atoms with van der Waals surface area (Å²) < 4.78 is 37.2. The van der Waals surface area contributed by atoms with Gasteiger partial charge in [-0.25, -0.2) is 0 Å². The molecule has 20 heavy (non-hydrogen) atoms. The minimum atomic E-state index is -4.37. The Morgan fingerprint density at radius 2 is 1.90 bits per heavy atom. The summed E-state index contributed by atoms with van der Waals surface area (Å²) in [7, 11) is 1.83. The SMILES string of the molecule is CNC1CCN(C(=O)c2ccc(C(F)(F)F)cc2)C1.Cl. The zero-order valence-electron chi connectivity index (χ0n) is 10.9. The van der Waals surface area contributed by atoms with E-state index in [-0.39, 0.29) is 24.4 Å². The van der Waals surface area contributed by atoms with Crippen LogP contribution in [0.25, 0.3) is 0 Å². The fraction of sp³-hybridized carbons (Fsp3) is 0.462. The number of benzene rings is 1. The molecule has 0 radical (unpaired) electrons. The third-order valence-corrected chi connectivity index (χ3v) is 3.34. The molecule has 1 saturated heterocycles. The Hall–Kier alpha value is -1.27. The van der Waals surface area contributed by atoms with Crippen LogP contribution < -0.4 is 5.32 Å². The van der Waals surface area contributed by atoms with Gasteiger partial charge < -0.3 is 10.2 Å². The average Bonchev–Trinajstić information content (AvgIpc) is 2.86. The second-order valence-electron chi connectivity index (χ2n) is 4.60. The van der Waals surface area contributed by atoms with Crippen molar-refractivity contribution in [3.8, 4) is 0 Å². The smallest absolute Gasteiger partial charge is 0.337 e. The number of likely N-dealkylation sites (N-methyl/N-ethyl adjacent to an activating group) is 1. The molecule has 1 fully saturated rings. The highest BCUT2D eigenvalue weighted by Gasteiger charge is 2.31. The number of carbonyl (C=O) groups excluding carboxylic acids is 1. The number of alkyl halides is 3. The van der Waals surface area contributed by atoms with E-state index in [4.69, 9.17) is 0 Å². The van der Waals surface area contributed by atoms with Crippen LogP contribution in [-0.2, 0) is 6.18 Å². The molecule has 1 N–H and O–H groups in total. The molecule has 1 aromatic rings. The predicted octanol–water partition coefficient (Wildman–Crippen LogP) is 2.56. The lowest BCUT2D eigenvalue weighted by atomic mass is 10.1. The van der Waals surface area contributed by atoms with Crippen LogP contribution in [-0.4, -0.2) is 37.0 Å². The topological polar surface area (TPSA) is 32.3 Å². The van der Waals surface area contributed by atoms with Crippen LogP contribution in [0.15, 0.2) is 24.3 Å². The first kappa shape index (κ1) is 16.8. The van der Waals surface area contributed by atoms with E-state index in [0.717, 1.165) is 18.6 Å². The average molecular weight is 309 g/mol. The second-order valence-corrected chi connectivity index (χ2v) is 4.60. The normalized spacial score (nSPS) is 18.8. The van der Waals surface area contributed by atoms with Crippen LogP contribution in [0.5, 0.6) is 0 Å². The van der Waals surface area contributed by atoms with Crippen molar-refractivity contribution in [3.63, 3.8) is 0 Å². The molecule has 0 bridgehead atoms. The van der Waals surface area contributed by atoms with E-state index in [1.807, 2.05) is 7.05 Å². The summed E-state index contributed by atoms with van der Waals surface area (Å²) in [6, 6.07) is 4.62. The first-order valence-corrected chi connectivity index (χ1v) is 6.05.